The van der Waals surface area contributed by atoms with Crippen LogP contribution in [0, 0.1) is 0 Å². The van der Waals surface area contributed by atoms with Gasteiger partial charge in [-0.1, -0.05) is 12.1 Å². The first-order valence-corrected chi connectivity index (χ1v) is 7.47. The maximum absolute atomic E-state index is 12.2. The SMILES string of the molecule is O=C(O)c1cccc(CNC(=O)c2ccc(-n3cccc3)cc2)c1. The number of benzene rings is 2. The number of rotatable bonds is 5. The Balaban J connectivity index is 1.65. The van der Waals surface area contributed by atoms with Gasteiger partial charge in [0.1, 0.15) is 0 Å². The molecule has 1 heterocycles. The lowest BCUT2D eigenvalue weighted by atomic mass is 10.1. The van der Waals surface area contributed by atoms with E-state index in [2.05, 4.69) is 5.32 Å². The number of carboxylic acid groups (broad SMARTS) is 1. The highest BCUT2D eigenvalue weighted by molar-refractivity contribution is 5.94. The number of nitrogens with one attached hydrogen (secondary N) is 1. The first kappa shape index (κ1) is 15.6. The monoisotopic (exact) mass is 320 g/mol. The van der Waals surface area contributed by atoms with Gasteiger partial charge in [0.25, 0.3) is 5.91 Å². The van der Waals surface area contributed by atoms with Gasteiger partial charge in [0.15, 0.2) is 0 Å². The van der Waals surface area contributed by atoms with Crippen molar-refractivity contribution in [1.29, 1.82) is 0 Å². The molecule has 2 aromatic carbocycles. The minimum absolute atomic E-state index is 0.199. The molecule has 24 heavy (non-hydrogen) atoms. The zero-order valence-electron chi connectivity index (χ0n) is 12.8. The molecule has 3 rings (SSSR count). The van der Waals surface area contributed by atoms with Gasteiger partial charge in [-0.15, -0.1) is 0 Å². The van der Waals surface area contributed by atoms with Crippen molar-refractivity contribution in [1.82, 2.24) is 9.88 Å². The van der Waals surface area contributed by atoms with Crippen LogP contribution in [0.25, 0.3) is 5.69 Å². The summed E-state index contributed by atoms with van der Waals surface area (Å²) >= 11 is 0. The van der Waals surface area contributed by atoms with Crippen LogP contribution in [0.5, 0.6) is 0 Å². The Labute approximate surface area is 139 Å². The summed E-state index contributed by atoms with van der Waals surface area (Å²) in [6.45, 7) is 0.277. The highest BCUT2D eigenvalue weighted by atomic mass is 16.4. The summed E-state index contributed by atoms with van der Waals surface area (Å²) < 4.78 is 1.96. The normalized spacial score (nSPS) is 10.3. The average Bonchev–Trinajstić information content (AvgIpc) is 3.14. The van der Waals surface area contributed by atoms with E-state index in [-0.39, 0.29) is 18.0 Å². The Hall–Kier alpha value is -3.34. The van der Waals surface area contributed by atoms with Gasteiger partial charge in [-0.3, -0.25) is 4.79 Å². The minimum Gasteiger partial charge on any atom is -0.478 e. The third kappa shape index (κ3) is 3.52. The van der Waals surface area contributed by atoms with Crippen molar-refractivity contribution in [2.75, 3.05) is 0 Å². The second-order valence-corrected chi connectivity index (χ2v) is 5.33. The summed E-state index contributed by atoms with van der Waals surface area (Å²) in [5.74, 6) is -1.18. The number of nitrogens with zero attached hydrogens (tertiary/aromatic N) is 1. The summed E-state index contributed by atoms with van der Waals surface area (Å²) in [4.78, 5) is 23.2. The molecule has 120 valence electrons. The van der Waals surface area contributed by atoms with Crippen LogP contribution >= 0.6 is 0 Å². The molecule has 5 heteroatoms. The maximum atomic E-state index is 12.2. The fraction of sp³-hybridized carbons (Fsp3) is 0.0526. The van der Waals surface area contributed by atoms with Gasteiger partial charge in [0.2, 0.25) is 0 Å². The largest absolute Gasteiger partial charge is 0.478 e. The first-order chi connectivity index (χ1) is 11.6. The molecule has 0 bridgehead atoms. The summed E-state index contributed by atoms with van der Waals surface area (Å²) in [7, 11) is 0. The maximum Gasteiger partial charge on any atom is 0.335 e. The third-order valence-electron chi connectivity index (χ3n) is 3.66. The van der Waals surface area contributed by atoms with Crippen molar-refractivity contribution in [3.8, 4) is 5.69 Å². The molecular weight excluding hydrogens is 304 g/mol. The van der Waals surface area contributed by atoms with Crippen LogP contribution in [0.2, 0.25) is 0 Å². The van der Waals surface area contributed by atoms with Crippen LogP contribution in [-0.2, 0) is 6.54 Å². The molecule has 1 amide bonds. The van der Waals surface area contributed by atoms with E-state index in [0.29, 0.717) is 5.56 Å². The van der Waals surface area contributed by atoms with Crippen molar-refractivity contribution in [3.63, 3.8) is 0 Å². The molecule has 5 nitrogen and oxygen atoms in total. The Bertz CT molecular complexity index is 853. The first-order valence-electron chi connectivity index (χ1n) is 7.47. The molecule has 1 aromatic heterocycles. The lowest BCUT2D eigenvalue weighted by Gasteiger charge is -2.08. The van der Waals surface area contributed by atoms with Crippen LogP contribution in [0.4, 0.5) is 0 Å². The van der Waals surface area contributed by atoms with Gasteiger partial charge in [0, 0.05) is 30.2 Å². The highest BCUT2D eigenvalue weighted by Crippen LogP contribution is 2.11. The van der Waals surface area contributed by atoms with Gasteiger partial charge in [-0.25, -0.2) is 4.79 Å². The molecule has 0 radical (unpaired) electrons. The molecule has 0 saturated carbocycles. The van der Waals surface area contributed by atoms with Gasteiger partial charge in [0.05, 0.1) is 5.56 Å². The number of carbonyl (C=O) groups excluding carboxylic acids is 1. The smallest absolute Gasteiger partial charge is 0.335 e. The van der Waals surface area contributed by atoms with E-state index < -0.39 is 5.97 Å². The molecule has 0 aliphatic heterocycles. The molecule has 0 unspecified atom stereocenters. The molecule has 0 saturated heterocycles. The summed E-state index contributed by atoms with van der Waals surface area (Å²) in [5, 5.41) is 11.8. The molecule has 0 aliphatic rings. The van der Waals surface area contributed by atoms with Crippen molar-refractivity contribution in [2.45, 2.75) is 6.54 Å². The Morgan fingerprint density at radius 1 is 0.917 bits per heavy atom. The average molecular weight is 320 g/mol. The van der Waals surface area contributed by atoms with Gasteiger partial charge in [-0.2, -0.15) is 0 Å². The van der Waals surface area contributed by atoms with Crippen LogP contribution in [0.1, 0.15) is 26.3 Å². The fourth-order valence-electron chi connectivity index (χ4n) is 2.39. The molecule has 3 aromatic rings. The molecule has 0 aliphatic carbocycles. The van der Waals surface area contributed by atoms with E-state index in [1.807, 2.05) is 41.2 Å². The van der Waals surface area contributed by atoms with E-state index in [4.69, 9.17) is 5.11 Å². The second kappa shape index (κ2) is 6.83. The van der Waals surface area contributed by atoms with Crippen LogP contribution in [-0.4, -0.2) is 21.6 Å². The van der Waals surface area contributed by atoms with Gasteiger partial charge in [-0.05, 0) is 54.1 Å². The number of carbonyl (C=O) groups is 2. The van der Waals surface area contributed by atoms with Crippen molar-refractivity contribution in [3.05, 3.63) is 89.7 Å². The number of aromatic carboxylic acids is 1. The number of amides is 1. The fourth-order valence-corrected chi connectivity index (χ4v) is 2.39. The second-order valence-electron chi connectivity index (χ2n) is 5.33. The number of aromatic nitrogens is 1. The standard InChI is InChI=1S/C19H16N2O3/c22-18(20-13-14-4-3-5-16(12-14)19(23)24)15-6-8-17(9-7-15)21-10-1-2-11-21/h1-12H,13H2,(H,20,22)(H,23,24). The quantitative estimate of drug-likeness (QED) is 0.759. The van der Waals surface area contributed by atoms with Crippen molar-refractivity contribution in [2.24, 2.45) is 0 Å². The Kier molecular flexibility index (Phi) is 4.43. The molecular formula is C19H16N2O3. The summed E-state index contributed by atoms with van der Waals surface area (Å²) in [6.07, 6.45) is 3.87. The van der Waals surface area contributed by atoms with E-state index in [1.54, 1.807) is 30.3 Å². The topological polar surface area (TPSA) is 71.3 Å². The zero-order valence-corrected chi connectivity index (χ0v) is 12.8. The lowest BCUT2D eigenvalue weighted by molar-refractivity contribution is 0.0696. The van der Waals surface area contributed by atoms with E-state index in [1.165, 1.54) is 6.07 Å². The highest BCUT2D eigenvalue weighted by Gasteiger charge is 2.07. The van der Waals surface area contributed by atoms with Gasteiger partial charge >= 0.3 is 5.97 Å². The number of hydrogen-bond donors (Lipinski definition) is 2. The molecule has 0 fully saturated rings. The summed E-state index contributed by atoms with van der Waals surface area (Å²) in [6, 6.07) is 17.7. The summed E-state index contributed by atoms with van der Waals surface area (Å²) in [5.41, 5.74) is 2.48. The van der Waals surface area contributed by atoms with Crippen molar-refractivity contribution >= 4 is 11.9 Å². The Morgan fingerprint density at radius 3 is 2.29 bits per heavy atom. The van der Waals surface area contributed by atoms with E-state index in [0.717, 1.165) is 11.3 Å². The lowest BCUT2D eigenvalue weighted by Crippen LogP contribution is -2.22. The van der Waals surface area contributed by atoms with Crippen molar-refractivity contribution < 1.29 is 14.7 Å². The number of hydrogen-bond acceptors (Lipinski definition) is 2. The van der Waals surface area contributed by atoms with Gasteiger partial charge < -0.3 is 15.0 Å². The molecule has 2 N–H and O–H groups in total. The predicted molar refractivity (Wildman–Crippen MR) is 90.3 cm³/mol. The van der Waals surface area contributed by atoms with Crippen LogP contribution in [0.3, 0.4) is 0 Å². The zero-order chi connectivity index (χ0) is 16.9. The minimum atomic E-state index is -0.983. The molecule has 0 atom stereocenters. The Morgan fingerprint density at radius 2 is 1.62 bits per heavy atom. The predicted octanol–water partition coefficient (Wildman–Crippen LogP) is 3.11. The van der Waals surface area contributed by atoms with E-state index >= 15 is 0 Å². The van der Waals surface area contributed by atoms with Crippen LogP contribution < -0.4 is 5.32 Å². The number of carboxylic acids is 1. The van der Waals surface area contributed by atoms with Crippen LogP contribution in [0.15, 0.2) is 73.1 Å². The van der Waals surface area contributed by atoms with E-state index in [9.17, 15) is 9.59 Å². The third-order valence-corrected chi connectivity index (χ3v) is 3.66. The molecule has 0 spiro atoms.